The molecule has 0 saturated heterocycles. The molecule has 1 amide bonds. The molecule has 0 unspecified atom stereocenters. The standard InChI is InChI=1S/C20H21N3O4/c1-20(2,3)27-19(26)21-13-8-9-14(12(10-13)11-24)17-15-6-4-5-7-16(15)18(25)23-22-17/h4-10,24H,11H2,1-3H3,(H,21,26)(H,23,25). The lowest BCUT2D eigenvalue weighted by molar-refractivity contribution is 0.0636. The Balaban J connectivity index is 2.00. The Bertz CT molecular complexity index is 1050. The van der Waals surface area contributed by atoms with Crippen molar-refractivity contribution < 1.29 is 14.6 Å². The van der Waals surface area contributed by atoms with E-state index in [2.05, 4.69) is 15.5 Å². The van der Waals surface area contributed by atoms with Crippen molar-refractivity contribution in [1.29, 1.82) is 0 Å². The van der Waals surface area contributed by atoms with Gasteiger partial charge in [-0.15, -0.1) is 0 Å². The second kappa shape index (κ2) is 7.20. The van der Waals surface area contributed by atoms with E-state index in [0.717, 1.165) is 0 Å². The Morgan fingerprint density at radius 1 is 1.19 bits per heavy atom. The summed E-state index contributed by atoms with van der Waals surface area (Å²) < 4.78 is 5.24. The Kier molecular flexibility index (Phi) is 4.96. The fourth-order valence-electron chi connectivity index (χ4n) is 2.77. The molecule has 1 aromatic heterocycles. The molecular weight excluding hydrogens is 346 g/mol. The fraction of sp³-hybridized carbons (Fsp3) is 0.250. The molecule has 7 heteroatoms. The molecule has 0 aliphatic carbocycles. The molecule has 0 spiro atoms. The monoisotopic (exact) mass is 367 g/mol. The van der Waals surface area contributed by atoms with Crippen LogP contribution in [0.3, 0.4) is 0 Å². The number of carbonyl (C=O) groups excluding carboxylic acids is 1. The van der Waals surface area contributed by atoms with Gasteiger partial charge < -0.3 is 9.84 Å². The van der Waals surface area contributed by atoms with Crippen LogP contribution in [0.5, 0.6) is 0 Å². The predicted molar refractivity (Wildman–Crippen MR) is 104 cm³/mol. The van der Waals surface area contributed by atoms with Crippen LogP contribution in [0.25, 0.3) is 22.0 Å². The zero-order valence-corrected chi connectivity index (χ0v) is 15.4. The van der Waals surface area contributed by atoms with Crippen LogP contribution in [0.4, 0.5) is 10.5 Å². The Morgan fingerprint density at radius 2 is 1.89 bits per heavy atom. The fourth-order valence-corrected chi connectivity index (χ4v) is 2.77. The summed E-state index contributed by atoms with van der Waals surface area (Å²) in [7, 11) is 0. The number of carbonyl (C=O) groups is 1. The number of nitrogens with one attached hydrogen (secondary N) is 2. The van der Waals surface area contributed by atoms with Gasteiger partial charge >= 0.3 is 6.09 Å². The molecule has 140 valence electrons. The number of aromatic nitrogens is 2. The van der Waals surface area contributed by atoms with Crippen LogP contribution in [-0.2, 0) is 11.3 Å². The number of H-pyrrole nitrogens is 1. The van der Waals surface area contributed by atoms with E-state index in [9.17, 15) is 14.7 Å². The number of aliphatic hydroxyl groups is 1. The van der Waals surface area contributed by atoms with Gasteiger partial charge in [0.15, 0.2) is 0 Å². The van der Waals surface area contributed by atoms with E-state index in [1.165, 1.54) is 0 Å². The van der Waals surface area contributed by atoms with Crippen LogP contribution in [0.2, 0.25) is 0 Å². The molecule has 3 N–H and O–H groups in total. The van der Waals surface area contributed by atoms with Gasteiger partial charge in [-0.3, -0.25) is 10.1 Å². The molecule has 0 aliphatic rings. The van der Waals surface area contributed by atoms with Crippen molar-refractivity contribution in [2.24, 2.45) is 0 Å². The second-order valence-corrected chi connectivity index (χ2v) is 7.10. The summed E-state index contributed by atoms with van der Waals surface area (Å²) in [6, 6.07) is 12.2. The predicted octanol–water partition coefficient (Wildman–Crippen LogP) is 3.43. The van der Waals surface area contributed by atoms with Gasteiger partial charge in [-0.1, -0.05) is 24.3 Å². The summed E-state index contributed by atoms with van der Waals surface area (Å²) in [6.45, 7) is 5.08. The first-order valence-electron chi connectivity index (χ1n) is 8.50. The number of amides is 1. The Labute approximate surface area is 156 Å². The van der Waals surface area contributed by atoms with Gasteiger partial charge in [-0.05, 0) is 44.5 Å². The molecular formula is C20H21N3O4. The van der Waals surface area contributed by atoms with Crippen LogP contribution in [0, 0.1) is 0 Å². The molecule has 27 heavy (non-hydrogen) atoms. The molecule has 0 fully saturated rings. The van der Waals surface area contributed by atoms with E-state index >= 15 is 0 Å². The maximum absolute atomic E-state index is 12.0. The van der Waals surface area contributed by atoms with E-state index in [0.29, 0.717) is 33.3 Å². The highest BCUT2D eigenvalue weighted by Gasteiger charge is 2.17. The first-order valence-corrected chi connectivity index (χ1v) is 8.50. The summed E-state index contributed by atoms with van der Waals surface area (Å²) in [5.41, 5.74) is 1.39. The molecule has 0 atom stereocenters. The van der Waals surface area contributed by atoms with Gasteiger partial charge in [0.25, 0.3) is 5.56 Å². The van der Waals surface area contributed by atoms with E-state index in [1.807, 2.05) is 6.07 Å². The molecule has 3 aromatic rings. The van der Waals surface area contributed by atoms with Gasteiger partial charge in [0.05, 0.1) is 17.7 Å². The molecule has 7 nitrogen and oxygen atoms in total. The summed E-state index contributed by atoms with van der Waals surface area (Å²) in [5, 5.41) is 20.3. The molecule has 0 bridgehead atoms. The van der Waals surface area contributed by atoms with Gasteiger partial charge in [0, 0.05) is 16.6 Å². The highest BCUT2D eigenvalue weighted by molar-refractivity contribution is 5.95. The highest BCUT2D eigenvalue weighted by Crippen LogP contribution is 2.29. The van der Waals surface area contributed by atoms with Crippen molar-refractivity contribution in [2.75, 3.05) is 5.32 Å². The number of rotatable bonds is 3. The largest absolute Gasteiger partial charge is 0.444 e. The quantitative estimate of drug-likeness (QED) is 0.658. The van der Waals surface area contributed by atoms with Gasteiger partial charge in [0.2, 0.25) is 0 Å². The lowest BCUT2D eigenvalue weighted by atomic mass is 10.00. The van der Waals surface area contributed by atoms with Gasteiger partial charge in [-0.2, -0.15) is 5.10 Å². The maximum atomic E-state index is 12.0. The van der Waals surface area contributed by atoms with E-state index in [1.54, 1.807) is 57.2 Å². The minimum absolute atomic E-state index is 0.256. The number of fused-ring (bicyclic) bond motifs is 1. The normalized spacial score (nSPS) is 11.4. The van der Waals surface area contributed by atoms with Crippen LogP contribution in [0.1, 0.15) is 26.3 Å². The van der Waals surface area contributed by atoms with Gasteiger partial charge in [-0.25, -0.2) is 9.89 Å². The molecule has 0 radical (unpaired) electrons. The van der Waals surface area contributed by atoms with Crippen molar-refractivity contribution in [3.63, 3.8) is 0 Å². The summed E-state index contributed by atoms with van der Waals surface area (Å²) in [4.78, 5) is 23.9. The Hall–Kier alpha value is -3.19. The topological polar surface area (TPSA) is 104 Å². The lowest BCUT2D eigenvalue weighted by Crippen LogP contribution is -2.27. The average Bonchev–Trinajstić information content (AvgIpc) is 2.61. The maximum Gasteiger partial charge on any atom is 0.412 e. The first kappa shape index (κ1) is 18.6. The molecule has 0 saturated carbocycles. The third kappa shape index (κ3) is 4.15. The average molecular weight is 367 g/mol. The third-order valence-corrected chi connectivity index (χ3v) is 3.87. The van der Waals surface area contributed by atoms with Gasteiger partial charge in [0.1, 0.15) is 5.60 Å². The van der Waals surface area contributed by atoms with E-state index < -0.39 is 11.7 Å². The smallest absolute Gasteiger partial charge is 0.412 e. The number of nitrogens with zero attached hydrogens (tertiary/aromatic N) is 1. The van der Waals surface area contributed by atoms with Crippen molar-refractivity contribution in [3.8, 4) is 11.3 Å². The number of anilines is 1. The summed E-state index contributed by atoms with van der Waals surface area (Å²) >= 11 is 0. The van der Waals surface area contributed by atoms with Crippen LogP contribution < -0.4 is 10.9 Å². The molecule has 2 aromatic carbocycles. The number of hydrogen-bond acceptors (Lipinski definition) is 5. The van der Waals surface area contributed by atoms with Crippen molar-refractivity contribution >= 4 is 22.6 Å². The van der Waals surface area contributed by atoms with Crippen LogP contribution in [0.15, 0.2) is 47.3 Å². The second-order valence-electron chi connectivity index (χ2n) is 7.10. The third-order valence-electron chi connectivity index (χ3n) is 3.87. The Morgan fingerprint density at radius 3 is 2.56 bits per heavy atom. The number of aromatic amines is 1. The molecule has 3 rings (SSSR count). The number of aliphatic hydroxyl groups excluding tert-OH is 1. The summed E-state index contributed by atoms with van der Waals surface area (Å²) in [5.74, 6) is 0. The van der Waals surface area contributed by atoms with Crippen molar-refractivity contribution in [1.82, 2.24) is 10.2 Å². The zero-order chi connectivity index (χ0) is 19.6. The SMILES string of the molecule is CC(C)(C)OC(=O)Nc1ccc(-c2n[nH]c(=O)c3ccccc23)c(CO)c1. The first-order chi connectivity index (χ1) is 12.8. The zero-order valence-electron chi connectivity index (χ0n) is 15.4. The lowest BCUT2D eigenvalue weighted by Gasteiger charge is -2.20. The van der Waals surface area contributed by atoms with Crippen LogP contribution in [-0.4, -0.2) is 27.0 Å². The minimum Gasteiger partial charge on any atom is -0.444 e. The minimum atomic E-state index is -0.609. The van der Waals surface area contributed by atoms with E-state index in [-0.39, 0.29) is 12.2 Å². The number of benzene rings is 2. The highest BCUT2D eigenvalue weighted by atomic mass is 16.6. The van der Waals surface area contributed by atoms with E-state index in [4.69, 9.17) is 4.74 Å². The molecule has 0 aliphatic heterocycles. The van der Waals surface area contributed by atoms with Crippen LogP contribution >= 0.6 is 0 Å². The van der Waals surface area contributed by atoms with Crippen molar-refractivity contribution in [2.45, 2.75) is 33.0 Å². The number of ether oxygens (including phenoxy) is 1. The van der Waals surface area contributed by atoms with Crippen molar-refractivity contribution in [3.05, 3.63) is 58.4 Å². The number of hydrogen-bond donors (Lipinski definition) is 3. The summed E-state index contributed by atoms with van der Waals surface area (Å²) in [6.07, 6.45) is -0.577. The molecule has 1 heterocycles.